The van der Waals surface area contributed by atoms with Crippen LogP contribution in [-0.4, -0.2) is 60.7 Å². The lowest BCUT2D eigenvalue weighted by atomic mass is 10.1. The molecule has 1 aromatic heterocycles. The number of rotatable bonds is 6. The molecule has 0 radical (unpaired) electrons. The Balaban J connectivity index is 1.69. The molecule has 2 heterocycles. The number of H-pyrrole nitrogens is 1. The number of benzene rings is 1. The van der Waals surface area contributed by atoms with Crippen molar-refractivity contribution < 1.29 is 4.74 Å². The first-order valence-electron chi connectivity index (χ1n) is 8.80. The number of aromatic nitrogens is 1. The molecule has 0 saturated carbocycles. The number of fused-ring (bicyclic) bond motifs is 1. The maximum atomic E-state index is 12.4. The van der Waals surface area contributed by atoms with E-state index in [1.165, 1.54) is 5.56 Å². The zero-order chi connectivity index (χ0) is 16.9. The number of ether oxygens (including phenoxy) is 1. The second-order valence-corrected chi connectivity index (χ2v) is 6.54. The van der Waals surface area contributed by atoms with Gasteiger partial charge in [0.15, 0.2) is 0 Å². The Labute approximate surface area is 143 Å². The van der Waals surface area contributed by atoms with Gasteiger partial charge in [-0.1, -0.05) is 18.6 Å². The Bertz CT molecular complexity index is 735. The molecule has 0 spiro atoms. The van der Waals surface area contributed by atoms with E-state index in [1.807, 2.05) is 18.2 Å². The highest BCUT2D eigenvalue weighted by Gasteiger charge is 2.13. The van der Waals surface area contributed by atoms with Crippen LogP contribution < -0.4 is 5.56 Å². The standard InChI is InChI=1S/C19H27N3O2/c1-3-21(6-7-22-8-10-24-11-9-22)14-17-13-16-12-15(2)4-5-18(16)20-19(17)23/h4-5,12-13H,3,6-11,14H2,1-2H3,(H,20,23). The van der Waals surface area contributed by atoms with E-state index in [0.717, 1.165) is 62.4 Å². The van der Waals surface area contributed by atoms with Gasteiger partial charge in [0, 0.05) is 43.8 Å². The lowest BCUT2D eigenvalue weighted by Gasteiger charge is -2.29. The largest absolute Gasteiger partial charge is 0.379 e. The molecular formula is C19H27N3O2. The summed E-state index contributed by atoms with van der Waals surface area (Å²) >= 11 is 0. The van der Waals surface area contributed by atoms with Crippen molar-refractivity contribution in [3.63, 3.8) is 0 Å². The molecule has 1 aromatic carbocycles. The van der Waals surface area contributed by atoms with Gasteiger partial charge in [0.1, 0.15) is 0 Å². The Kier molecular flexibility index (Phi) is 5.66. The fourth-order valence-corrected chi connectivity index (χ4v) is 3.19. The van der Waals surface area contributed by atoms with Gasteiger partial charge in [-0.3, -0.25) is 14.6 Å². The average Bonchev–Trinajstić information content (AvgIpc) is 2.60. The summed E-state index contributed by atoms with van der Waals surface area (Å²) < 4.78 is 5.39. The summed E-state index contributed by atoms with van der Waals surface area (Å²) in [6, 6.07) is 8.17. The van der Waals surface area contributed by atoms with E-state index in [4.69, 9.17) is 4.74 Å². The van der Waals surface area contributed by atoms with Crippen molar-refractivity contribution in [1.82, 2.24) is 14.8 Å². The topological polar surface area (TPSA) is 48.6 Å². The molecule has 0 atom stereocenters. The van der Waals surface area contributed by atoms with Gasteiger partial charge in [-0.05, 0) is 37.1 Å². The van der Waals surface area contributed by atoms with Gasteiger partial charge < -0.3 is 9.72 Å². The van der Waals surface area contributed by atoms with Crippen molar-refractivity contribution in [3.8, 4) is 0 Å². The van der Waals surface area contributed by atoms with E-state index in [-0.39, 0.29) is 5.56 Å². The van der Waals surface area contributed by atoms with Gasteiger partial charge in [-0.15, -0.1) is 0 Å². The number of nitrogens with zero attached hydrogens (tertiary/aromatic N) is 2. The second kappa shape index (κ2) is 7.92. The van der Waals surface area contributed by atoms with Crippen LogP contribution in [0.5, 0.6) is 0 Å². The molecule has 130 valence electrons. The third kappa shape index (κ3) is 4.23. The Morgan fingerprint density at radius 2 is 2.04 bits per heavy atom. The monoisotopic (exact) mass is 329 g/mol. The zero-order valence-electron chi connectivity index (χ0n) is 14.7. The molecule has 1 saturated heterocycles. The number of aryl methyl sites for hydroxylation is 1. The van der Waals surface area contributed by atoms with Crippen molar-refractivity contribution in [1.29, 1.82) is 0 Å². The molecule has 0 bridgehead atoms. The van der Waals surface area contributed by atoms with Crippen LogP contribution >= 0.6 is 0 Å². The number of hydrogen-bond acceptors (Lipinski definition) is 4. The van der Waals surface area contributed by atoms with Gasteiger partial charge in [-0.25, -0.2) is 0 Å². The summed E-state index contributed by atoms with van der Waals surface area (Å²) in [6.45, 7) is 11.5. The number of morpholine rings is 1. The van der Waals surface area contributed by atoms with Gasteiger partial charge in [0.2, 0.25) is 0 Å². The van der Waals surface area contributed by atoms with E-state index >= 15 is 0 Å². The molecule has 0 aliphatic carbocycles. The first-order valence-corrected chi connectivity index (χ1v) is 8.80. The number of likely N-dealkylation sites (N-methyl/N-ethyl adjacent to an activating group) is 1. The first kappa shape index (κ1) is 17.1. The quantitative estimate of drug-likeness (QED) is 0.880. The van der Waals surface area contributed by atoms with Gasteiger partial charge in [-0.2, -0.15) is 0 Å². The predicted octanol–water partition coefficient (Wildman–Crippen LogP) is 1.99. The van der Waals surface area contributed by atoms with Crippen LogP contribution in [0.15, 0.2) is 29.1 Å². The van der Waals surface area contributed by atoms with E-state index in [1.54, 1.807) is 0 Å². The minimum Gasteiger partial charge on any atom is -0.379 e. The second-order valence-electron chi connectivity index (χ2n) is 6.54. The fourth-order valence-electron chi connectivity index (χ4n) is 3.19. The van der Waals surface area contributed by atoms with Crippen molar-refractivity contribution in [2.24, 2.45) is 0 Å². The van der Waals surface area contributed by atoms with Gasteiger partial charge in [0.05, 0.1) is 13.2 Å². The van der Waals surface area contributed by atoms with E-state index in [2.05, 4.69) is 34.7 Å². The van der Waals surface area contributed by atoms with Crippen LogP contribution in [0, 0.1) is 6.92 Å². The summed E-state index contributed by atoms with van der Waals surface area (Å²) in [5.41, 5.74) is 2.99. The maximum absolute atomic E-state index is 12.4. The molecule has 2 aromatic rings. The lowest BCUT2D eigenvalue weighted by Crippen LogP contribution is -2.41. The van der Waals surface area contributed by atoms with Crippen molar-refractivity contribution in [3.05, 3.63) is 45.7 Å². The Morgan fingerprint density at radius 1 is 1.25 bits per heavy atom. The Morgan fingerprint density at radius 3 is 2.79 bits per heavy atom. The summed E-state index contributed by atoms with van der Waals surface area (Å²) in [4.78, 5) is 20.1. The number of aromatic amines is 1. The summed E-state index contributed by atoms with van der Waals surface area (Å²) in [5, 5.41) is 1.11. The van der Waals surface area contributed by atoms with Crippen LogP contribution in [0.2, 0.25) is 0 Å². The molecule has 0 unspecified atom stereocenters. The van der Waals surface area contributed by atoms with Crippen molar-refractivity contribution >= 4 is 10.9 Å². The highest BCUT2D eigenvalue weighted by Crippen LogP contribution is 2.14. The molecule has 1 aliphatic rings. The minimum absolute atomic E-state index is 0.0242. The van der Waals surface area contributed by atoms with E-state index in [9.17, 15) is 4.79 Å². The molecule has 24 heavy (non-hydrogen) atoms. The molecule has 3 rings (SSSR count). The molecule has 1 fully saturated rings. The van der Waals surface area contributed by atoms with Crippen LogP contribution in [0.4, 0.5) is 0 Å². The Hall–Kier alpha value is -1.69. The van der Waals surface area contributed by atoms with Crippen LogP contribution in [-0.2, 0) is 11.3 Å². The minimum atomic E-state index is 0.0242. The normalized spacial score (nSPS) is 16.1. The third-order valence-corrected chi connectivity index (χ3v) is 4.75. The third-order valence-electron chi connectivity index (χ3n) is 4.75. The SMILES string of the molecule is CCN(CCN1CCOCC1)Cc1cc2cc(C)ccc2[nH]c1=O. The number of nitrogens with one attached hydrogen (secondary N) is 1. The predicted molar refractivity (Wildman–Crippen MR) is 97.5 cm³/mol. The van der Waals surface area contributed by atoms with Gasteiger partial charge >= 0.3 is 0 Å². The molecular weight excluding hydrogens is 302 g/mol. The van der Waals surface area contributed by atoms with E-state index < -0.39 is 0 Å². The molecule has 5 heteroatoms. The smallest absolute Gasteiger partial charge is 0.252 e. The molecule has 0 amide bonds. The fraction of sp³-hybridized carbons (Fsp3) is 0.526. The zero-order valence-corrected chi connectivity index (χ0v) is 14.7. The highest BCUT2D eigenvalue weighted by molar-refractivity contribution is 5.79. The maximum Gasteiger partial charge on any atom is 0.252 e. The van der Waals surface area contributed by atoms with Crippen molar-refractivity contribution in [2.45, 2.75) is 20.4 Å². The number of pyridine rings is 1. The molecule has 1 aliphatic heterocycles. The highest BCUT2D eigenvalue weighted by atomic mass is 16.5. The lowest BCUT2D eigenvalue weighted by molar-refractivity contribution is 0.0332. The summed E-state index contributed by atoms with van der Waals surface area (Å²) in [6.07, 6.45) is 0. The van der Waals surface area contributed by atoms with Crippen LogP contribution in [0.1, 0.15) is 18.1 Å². The van der Waals surface area contributed by atoms with Crippen LogP contribution in [0.25, 0.3) is 10.9 Å². The van der Waals surface area contributed by atoms with E-state index in [0.29, 0.717) is 6.54 Å². The molecule has 1 N–H and O–H groups in total. The van der Waals surface area contributed by atoms with Crippen LogP contribution in [0.3, 0.4) is 0 Å². The first-order chi connectivity index (χ1) is 11.7. The average molecular weight is 329 g/mol. The molecule has 5 nitrogen and oxygen atoms in total. The summed E-state index contributed by atoms with van der Waals surface area (Å²) in [7, 11) is 0. The number of hydrogen-bond donors (Lipinski definition) is 1. The van der Waals surface area contributed by atoms with Crippen molar-refractivity contribution in [2.75, 3.05) is 45.9 Å². The van der Waals surface area contributed by atoms with Gasteiger partial charge in [0.25, 0.3) is 5.56 Å². The summed E-state index contributed by atoms with van der Waals surface area (Å²) in [5.74, 6) is 0.